The van der Waals surface area contributed by atoms with Gasteiger partial charge in [0.25, 0.3) is 5.91 Å². The van der Waals surface area contributed by atoms with Crippen LogP contribution in [-0.2, 0) is 23.9 Å². The summed E-state index contributed by atoms with van der Waals surface area (Å²) < 4.78 is 1.69. The predicted octanol–water partition coefficient (Wildman–Crippen LogP) is 2.39. The zero-order chi connectivity index (χ0) is 20.9. The summed E-state index contributed by atoms with van der Waals surface area (Å²) in [5.74, 6) is -0.217. The van der Waals surface area contributed by atoms with Crippen molar-refractivity contribution in [2.75, 3.05) is 11.9 Å². The first-order valence-corrected chi connectivity index (χ1v) is 9.95. The number of para-hydroxylation sites is 1. The lowest BCUT2D eigenvalue weighted by atomic mass is 9.73. The Morgan fingerprint density at radius 1 is 1.23 bits per heavy atom. The molecule has 3 aromatic rings. The summed E-state index contributed by atoms with van der Waals surface area (Å²) >= 11 is 0. The molecule has 2 aliphatic rings. The van der Waals surface area contributed by atoms with Gasteiger partial charge < -0.3 is 15.3 Å². The largest absolute Gasteiger partial charge is 0.392 e. The number of carbonyl (C=O) groups excluding carboxylic acids is 2. The van der Waals surface area contributed by atoms with Crippen LogP contribution in [0.1, 0.15) is 39.5 Å². The molecule has 30 heavy (non-hydrogen) atoms. The summed E-state index contributed by atoms with van der Waals surface area (Å²) in [7, 11) is 1.83. The number of aromatic nitrogens is 2. The summed E-state index contributed by atoms with van der Waals surface area (Å²) in [6.07, 6.45) is 4.15. The smallest absolute Gasteiger partial charge is 0.254 e. The van der Waals surface area contributed by atoms with Gasteiger partial charge in [0.1, 0.15) is 5.41 Å². The molecule has 7 nitrogen and oxygen atoms in total. The lowest BCUT2D eigenvalue weighted by Crippen LogP contribution is -2.42. The fraction of sp³-hybridized carbons (Fsp3) is 0.261. The zero-order valence-corrected chi connectivity index (χ0v) is 16.6. The number of rotatable bonds is 3. The Balaban J connectivity index is 1.62. The fourth-order valence-electron chi connectivity index (χ4n) is 4.87. The minimum atomic E-state index is -0.847. The molecule has 152 valence electrons. The van der Waals surface area contributed by atoms with Crippen molar-refractivity contribution in [2.45, 2.75) is 24.5 Å². The third-order valence-electron chi connectivity index (χ3n) is 6.27. The molecule has 2 aliphatic heterocycles. The minimum absolute atomic E-state index is 0.0729. The fourth-order valence-corrected chi connectivity index (χ4v) is 4.87. The molecule has 0 radical (unpaired) electrons. The highest BCUT2D eigenvalue weighted by atomic mass is 16.3. The number of nitrogens with one attached hydrogen (secondary N) is 1. The second-order valence-electron chi connectivity index (χ2n) is 7.92. The van der Waals surface area contributed by atoms with Gasteiger partial charge in [-0.2, -0.15) is 5.10 Å². The quantitative estimate of drug-likeness (QED) is 0.704. The molecule has 1 spiro atoms. The number of aryl methyl sites for hydroxylation is 1. The van der Waals surface area contributed by atoms with Crippen LogP contribution in [0.3, 0.4) is 0 Å². The van der Waals surface area contributed by atoms with Gasteiger partial charge in [-0.25, -0.2) is 0 Å². The maximum absolute atomic E-state index is 13.5. The average Bonchev–Trinajstić information content (AvgIpc) is 3.45. The molecule has 0 saturated carbocycles. The van der Waals surface area contributed by atoms with Crippen LogP contribution in [0.4, 0.5) is 5.69 Å². The van der Waals surface area contributed by atoms with E-state index < -0.39 is 11.5 Å². The number of anilines is 1. The Hall–Kier alpha value is -3.45. The lowest BCUT2D eigenvalue weighted by molar-refractivity contribution is -0.121. The maximum atomic E-state index is 13.5. The van der Waals surface area contributed by atoms with E-state index in [2.05, 4.69) is 10.4 Å². The van der Waals surface area contributed by atoms with Crippen molar-refractivity contribution < 1.29 is 14.7 Å². The van der Waals surface area contributed by atoms with Crippen LogP contribution in [0, 0.1) is 0 Å². The van der Waals surface area contributed by atoms with Crippen LogP contribution < -0.4 is 5.32 Å². The first kappa shape index (κ1) is 18.6. The van der Waals surface area contributed by atoms with Crippen LogP contribution in [0.25, 0.3) is 0 Å². The summed E-state index contributed by atoms with van der Waals surface area (Å²) in [6.45, 7) is 0.387. The normalized spacial score (nSPS) is 22.4. The molecular weight excluding hydrogens is 380 g/mol. The van der Waals surface area contributed by atoms with E-state index in [0.717, 1.165) is 22.4 Å². The number of hydrogen-bond acceptors (Lipinski definition) is 4. The first-order chi connectivity index (χ1) is 14.5. The number of aliphatic hydroxyl groups excluding tert-OH is 1. The highest BCUT2D eigenvalue weighted by molar-refractivity contribution is 6.08. The molecule has 2 N–H and O–H groups in total. The molecule has 0 aliphatic carbocycles. The number of nitrogens with zero attached hydrogens (tertiary/aromatic N) is 3. The van der Waals surface area contributed by atoms with Gasteiger partial charge >= 0.3 is 0 Å². The van der Waals surface area contributed by atoms with Crippen molar-refractivity contribution in [3.63, 3.8) is 0 Å². The van der Waals surface area contributed by atoms with E-state index in [1.807, 2.05) is 37.5 Å². The zero-order valence-electron chi connectivity index (χ0n) is 16.6. The van der Waals surface area contributed by atoms with Crippen molar-refractivity contribution >= 4 is 17.5 Å². The third kappa shape index (κ3) is 2.59. The van der Waals surface area contributed by atoms with Gasteiger partial charge in [-0.05, 0) is 35.7 Å². The molecule has 2 aromatic carbocycles. The van der Waals surface area contributed by atoms with Gasteiger partial charge in [-0.3, -0.25) is 14.3 Å². The SMILES string of the molecule is Cn1cc([C@@H]2N(C(=O)c3ccc(CO)cc3)CC[C@]23C(=O)Nc2ccccc23)cn1. The minimum Gasteiger partial charge on any atom is -0.392 e. The van der Waals surface area contributed by atoms with Crippen molar-refractivity contribution in [3.05, 3.63) is 83.2 Å². The molecule has 3 heterocycles. The lowest BCUT2D eigenvalue weighted by Gasteiger charge is -2.33. The summed E-state index contributed by atoms with van der Waals surface area (Å²) in [5.41, 5.74) is 3.00. The Bertz CT molecular complexity index is 1140. The van der Waals surface area contributed by atoms with E-state index in [1.165, 1.54) is 0 Å². The van der Waals surface area contributed by atoms with Gasteiger partial charge in [-0.15, -0.1) is 0 Å². The Kier molecular flexibility index (Phi) is 4.22. The average molecular weight is 402 g/mol. The topological polar surface area (TPSA) is 87.5 Å². The molecule has 1 fully saturated rings. The van der Waals surface area contributed by atoms with Gasteiger partial charge in [0.2, 0.25) is 5.91 Å². The maximum Gasteiger partial charge on any atom is 0.254 e. The Labute approximate surface area is 173 Å². The van der Waals surface area contributed by atoms with E-state index in [-0.39, 0.29) is 18.4 Å². The van der Waals surface area contributed by atoms with Gasteiger partial charge in [-0.1, -0.05) is 30.3 Å². The number of benzene rings is 2. The molecule has 1 aromatic heterocycles. The van der Waals surface area contributed by atoms with E-state index >= 15 is 0 Å². The van der Waals surface area contributed by atoms with Crippen LogP contribution in [0.5, 0.6) is 0 Å². The van der Waals surface area contributed by atoms with Crippen LogP contribution >= 0.6 is 0 Å². The standard InChI is InChI=1S/C23H22N4O3/c1-26-13-17(12-24-26)20-23(18-4-2-3-5-19(18)25-22(23)30)10-11-27(20)21(29)16-8-6-15(14-28)7-9-16/h2-9,12-13,20,28H,10-11,14H2,1H3,(H,25,30)/t20-,23+/m0/s1. The first-order valence-electron chi connectivity index (χ1n) is 9.95. The highest BCUT2D eigenvalue weighted by Crippen LogP contribution is 2.54. The number of hydrogen-bond donors (Lipinski definition) is 2. The highest BCUT2D eigenvalue weighted by Gasteiger charge is 2.59. The summed E-state index contributed by atoms with van der Waals surface area (Å²) in [4.78, 5) is 28.6. The molecular formula is C23H22N4O3. The van der Waals surface area contributed by atoms with Crippen molar-refractivity contribution in [2.24, 2.45) is 7.05 Å². The Morgan fingerprint density at radius 2 is 2.00 bits per heavy atom. The summed E-state index contributed by atoms with van der Waals surface area (Å²) in [6, 6.07) is 14.2. The van der Waals surface area contributed by atoms with E-state index in [9.17, 15) is 14.7 Å². The van der Waals surface area contributed by atoms with Crippen molar-refractivity contribution in [1.82, 2.24) is 14.7 Å². The van der Waals surface area contributed by atoms with Gasteiger partial charge in [0, 0.05) is 36.6 Å². The summed E-state index contributed by atoms with van der Waals surface area (Å²) in [5, 5.41) is 16.6. The van der Waals surface area contributed by atoms with Crippen molar-refractivity contribution in [1.29, 1.82) is 0 Å². The van der Waals surface area contributed by atoms with Gasteiger partial charge in [0.15, 0.2) is 0 Å². The molecule has 5 rings (SSSR count). The van der Waals surface area contributed by atoms with Crippen LogP contribution in [-0.4, -0.2) is 38.1 Å². The van der Waals surface area contributed by atoms with Crippen LogP contribution in [0.2, 0.25) is 0 Å². The molecule has 2 atom stereocenters. The molecule has 0 bridgehead atoms. The number of aliphatic hydroxyl groups is 1. The molecule has 0 unspecified atom stereocenters. The van der Waals surface area contributed by atoms with E-state index in [1.54, 1.807) is 40.0 Å². The monoisotopic (exact) mass is 402 g/mol. The number of amides is 2. The van der Waals surface area contributed by atoms with Crippen LogP contribution in [0.15, 0.2) is 60.9 Å². The van der Waals surface area contributed by atoms with Crippen molar-refractivity contribution in [3.8, 4) is 0 Å². The number of fused-ring (bicyclic) bond motifs is 2. The van der Waals surface area contributed by atoms with Gasteiger partial charge in [0.05, 0.1) is 18.8 Å². The predicted molar refractivity (Wildman–Crippen MR) is 111 cm³/mol. The molecule has 1 saturated heterocycles. The second kappa shape index (κ2) is 6.81. The Morgan fingerprint density at radius 3 is 2.70 bits per heavy atom. The molecule has 2 amide bonds. The number of likely N-dealkylation sites (tertiary alicyclic amines) is 1. The number of carbonyl (C=O) groups is 2. The van der Waals surface area contributed by atoms with E-state index in [4.69, 9.17) is 0 Å². The molecule has 7 heteroatoms. The van der Waals surface area contributed by atoms with E-state index in [0.29, 0.717) is 18.5 Å². The second-order valence-corrected chi connectivity index (χ2v) is 7.92. The third-order valence-corrected chi connectivity index (χ3v) is 6.27.